The molecular weight excluding hydrogens is 347 g/mol. The van der Waals surface area contributed by atoms with E-state index in [1.54, 1.807) is 36.4 Å². The lowest BCUT2D eigenvalue weighted by atomic mass is 10.2. The van der Waals surface area contributed by atoms with Crippen molar-refractivity contribution in [2.45, 2.75) is 0 Å². The van der Waals surface area contributed by atoms with E-state index in [4.69, 9.17) is 32.7 Å². The number of halogens is 2. The van der Waals surface area contributed by atoms with Gasteiger partial charge in [-0.1, -0.05) is 41.4 Å². The molecule has 3 aromatic rings. The second-order valence-electron chi connectivity index (χ2n) is 4.90. The van der Waals surface area contributed by atoms with E-state index in [-0.39, 0.29) is 10.6 Å². The van der Waals surface area contributed by atoms with Crippen molar-refractivity contribution in [3.63, 3.8) is 0 Å². The van der Waals surface area contributed by atoms with Crippen LogP contribution in [0.25, 0.3) is 0 Å². The van der Waals surface area contributed by atoms with E-state index in [1.807, 2.05) is 30.3 Å². The summed E-state index contributed by atoms with van der Waals surface area (Å²) < 4.78 is 11.0. The number of para-hydroxylation sites is 1. The zero-order valence-corrected chi connectivity index (χ0v) is 13.9. The maximum atomic E-state index is 12.2. The predicted molar refractivity (Wildman–Crippen MR) is 94.4 cm³/mol. The van der Waals surface area contributed by atoms with Crippen LogP contribution < -0.4 is 9.47 Å². The average Bonchev–Trinajstić information content (AvgIpc) is 2.59. The fraction of sp³-hybridized carbons (Fsp3) is 0. The Labute approximate surface area is 149 Å². The van der Waals surface area contributed by atoms with Crippen molar-refractivity contribution in [1.82, 2.24) is 0 Å². The Hall–Kier alpha value is -2.49. The molecular formula is C19H12Cl2O3. The third kappa shape index (κ3) is 4.07. The maximum Gasteiger partial charge on any atom is 0.345 e. The highest BCUT2D eigenvalue weighted by Gasteiger charge is 2.13. The lowest BCUT2D eigenvalue weighted by Gasteiger charge is -2.08. The minimum atomic E-state index is -0.570. The highest BCUT2D eigenvalue weighted by atomic mass is 35.5. The summed E-state index contributed by atoms with van der Waals surface area (Å²) in [7, 11) is 0. The number of carbonyl (C=O) groups excluding carboxylic acids is 1. The molecule has 0 aliphatic heterocycles. The van der Waals surface area contributed by atoms with Crippen LogP contribution in [0.3, 0.4) is 0 Å². The Bertz CT molecular complexity index is 846. The van der Waals surface area contributed by atoms with Gasteiger partial charge in [-0.05, 0) is 54.6 Å². The van der Waals surface area contributed by atoms with Gasteiger partial charge >= 0.3 is 5.97 Å². The van der Waals surface area contributed by atoms with Crippen LogP contribution in [0.4, 0.5) is 0 Å². The zero-order chi connectivity index (χ0) is 16.9. The van der Waals surface area contributed by atoms with Gasteiger partial charge in [0.25, 0.3) is 0 Å². The zero-order valence-electron chi connectivity index (χ0n) is 12.4. The Morgan fingerprint density at radius 1 is 0.750 bits per heavy atom. The Balaban J connectivity index is 1.70. The second kappa shape index (κ2) is 7.39. The molecule has 0 spiro atoms. The van der Waals surface area contributed by atoms with E-state index in [2.05, 4.69) is 0 Å². The molecule has 120 valence electrons. The van der Waals surface area contributed by atoms with Crippen molar-refractivity contribution < 1.29 is 14.3 Å². The van der Waals surface area contributed by atoms with Crippen LogP contribution in [0.15, 0.2) is 72.8 Å². The monoisotopic (exact) mass is 358 g/mol. The number of ether oxygens (including phenoxy) is 2. The van der Waals surface area contributed by atoms with Crippen molar-refractivity contribution >= 4 is 29.2 Å². The van der Waals surface area contributed by atoms with Crippen LogP contribution in [0.5, 0.6) is 17.2 Å². The Kier molecular flexibility index (Phi) is 5.04. The summed E-state index contributed by atoms with van der Waals surface area (Å²) in [6.07, 6.45) is 0. The van der Waals surface area contributed by atoms with E-state index in [9.17, 15) is 4.79 Å². The lowest BCUT2D eigenvalue weighted by molar-refractivity contribution is 0.0735. The number of carbonyl (C=O) groups is 1. The maximum absolute atomic E-state index is 12.2. The van der Waals surface area contributed by atoms with Crippen molar-refractivity contribution in [2.24, 2.45) is 0 Å². The predicted octanol–water partition coefficient (Wildman–Crippen LogP) is 6.00. The van der Waals surface area contributed by atoms with Gasteiger partial charge in [0.2, 0.25) is 0 Å². The molecule has 5 heteroatoms. The van der Waals surface area contributed by atoms with Crippen LogP contribution >= 0.6 is 23.2 Å². The van der Waals surface area contributed by atoms with Gasteiger partial charge in [0.15, 0.2) is 0 Å². The van der Waals surface area contributed by atoms with Crippen molar-refractivity contribution in [1.29, 1.82) is 0 Å². The van der Waals surface area contributed by atoms with Crippen molar-refractivity contribution in [3.05, 3.63) is 88.4 Å². The van der Waals surface area contributed by atoms with Gasteiger partial charge in [0, 0.05) is 5.02 Å². The number of benzene rings is 3. The van der Waals surface area contributed by atoms with E-state index in [0.29, 0.717) is 16.5 Å². The number of hydrogen-bond acceptors (Lipinski definition) is 3. The molecule has 3 rings (SSSR count). The molecule has 24 heavy (non-hydrogen) atoms. The Morgan fingerprint density at radius 3 is 2.08 bits per heavy atom. The summed E-state index contributed by atoms with van der Waals surface area (Å²) in [5, 5.41) is 0.700. The summed E-state index contributed by atoms with van der Waals surface area (Å²) >= 11 is 11.9. The first-order valence-electron chi connectivity index (χ1n) is 7.12. The van der Waals surface area contributed by atoms with E-state index < -0.39 is 5.97 Å². The number of esters is 1. The summed E-state index contributed by atoms with van der Waals surface area (Å²) in [6.45, 7) is 0. The minimum absolute atomic E-state index is 0.216. The van der Waals surface area contributed by atoms with Gasteiger partial charge in [-0.2, -0.15) is 0 Å². The van der Waals surface area contributed by atoms with Gasteiger partial charge in [0.1, 0.15) is 17.2 Å². The molecule has 0 aliphatic rings. The average molecular weight is 359 g/mol. The quantitative estimate of drug-likeness (QED) is 0.423. The lowest BCUT2D eigenvalue weighted by Crippen LogP contribution is -2.09. The highest BCUT2D eigenvalue weighted by Crippen LogP contribution is 2.25. The van der Waals surface area contributed by atoms with Gasteiger partial charge in [-0.3, -0.25) is 0 Å². The van der Waals surface area contributed by atoms with E-state index in [1.165, 1.54) is 6.07 Å². The summed E-state index contributed by atoms with van der Waals surface area (Å²) in [6, 6.07) is 20.8. The third-order valence-corrected chi connectivity index (χ3v) is 3.73. The van der Waals surface area contributed by atoms with Gasteiger partial charge in [0.05, 0.1) is 10.6 Å². The molecule has 0 heterocycles. The van der Waals surface area contributed by atoms with Crippen molar-refractivity contribution in [2.75, 3.05) is 0 Å². The molecule has 3 nitrogen and oxygen atoms in total. The highest BCUT2D eigenvalue weighted by molar-refractivity contribution is 6.35. The fourth-order valence-corrected chi connectivity index (χ4v) is 2.38. The topological polar surface area (TPSA) is 35.5 Å². The van der Waals surface area contributed by atoms with Crippen LogP contribution in [-0.4, -0.2) is 5.97 Å². The molecule has 0 bridgehead atoms. The summed E-state index contributed by atoms with van der Waals surface area (Å²) in [5.41, 5.74) is 0.216. The smallest absolute Gasteiger partial charge is 0.345 e. The molecule has 0 amide bonds. The van der Waals surface area contributed by atoms with E-state index >= 15 is 0 Å². The van der Waals surface area contributed by atoms with Gasteiger partial charge in [-0.15, -0.1) is 0 Å². The van der Waals surface area contributed by atoms with Gasteiger partial charge in [-0.25, -0.2) is 4.79 Å². The number of hydrogen-bond donors (Lipinski definition) is 0. The molecule has 0 unspecified atom stereocenters. The van der Waals surface area contributed by atoms with Gasteiger partial charge < -0.3 is 9.47 Å². The minimum Gasteiger partial charge on any atom is -0.457 e. The SMILES string of the molecule is O=C(Oc1ccc(Oc2ccccc2)cc1)c1cc(Cl)ccc1Cl. The standard InChI is InChI=1S/C19H12Cl2O3/c20-13-6-11-18(21)17(12-13)19(22)24-16-9-7-15(8-10-16)23-14-4-2-1-3-5-14/h1-12H. The van der Waals surface area contributed by atoms with Crippen LogP contribution in [0, 0.1) is 0 Å². The first kappa shape index (κ1) is 16.4. The first-order valence-corrected chi connectivity index (χ1v) is 7.87. The van der Waals surface area contributed by atoms with E-state index in [0.717, 1.165) is 5.75 Å². The molecule has 0 fully saturated rings. The normalized spacial score (nSPS) is 10.2. The molecule has 0 aromatic heterocycles. The summed E-state index contributed by atoms with van der Waals surface area (Å²) in [4.78, 5) is 12.2. The molecule has 0 atom stereocenters. The third-order valence-electron chi connectivity index (χ3n) is 3.16. The molecule has 0 saturated carbocycles. The number of rotatable bonds is 4. The molecule has 0 radical (unpaired) electrons. The van der Waals surface area contributed by atoms with Crippen LogP contribution in [0.2, 0.25) is 10.0 Å². The Morgan fingerprint density at radius 2 is 1.38 bits per heavy atom. The second-order valence-corrected chi connectivity index (χ2v) is 5.74. The summed E-state index contributed by atoms with van der Waals surface area (Å²) in [5.74, 6) is 1.19. The first-order chi connectivity index (χ1) is 11.6. The van der Waals surface area contributed by atoms with Crippen molar-refractivity contribution in [3.8, 4) is 17.2 Å². The molecule has 0 aliphatic carbocycles. The largest absolute Gasteiger partial charge is 0.457 e. The fourth-order valence-electron chi connectivity index (χ4n) is 2.02. The van der Waals surface area contributed by atoms with Crippen LogP contribution in [-0.2, 0) is 0 Å². The molecule has 0 saturated heterocycles. The molecule has 0 N–H and O–H groups in total. The van der Waals surface area contributed by atoms with Crippen LogP contribution in [0.1, 0.15) is 10.4 Å². The molecule has 3 aromatic carbocycles.